The quantitative estimate of drug-likeness (QED) is 0.904. The lowest BCUT2D eigenvalue weighted by Crippen LogP contribution is -2.11. The molecular formula is C15H15F3N2. The van der Waals surface area contributed by atoms with Gasteiger partial charge in [-0.3, -0.25) is 0 Å². The van der Waals surface area contributed by atoms with Crippen molar-refractivity contribution in [2.24, 2.45) is 0 Å². The summed E-state index contributed by atoms with van der Waals surface area (Å²) in [5.41, 5.74) is 0.750. The summed E-state index contributed by atoms with van der Waals surface area (Å²) < 4.78 is 38.3. The van der Waals surface area contributed by atoms with Gasteiger partial charge in [0.05, 0.1) is 0 Å². The van der Waals surface area contributed by atoms with Crippen molar-refractivity contribution in [1.82, 2.24) is 4.98 Å². The second-order valence-corrected chi connectivity index (χ2v) is 4.44. The summed E-state index contributed by atoms with van der Waals surface area (Å²) in [5, 5.41) is 2.94. The minimum Gasteiger partial charge on any atom is -0.366 e. The van der Waals surface area contributed by atoms with E-state index in [0.717, 1.165) is 11.6 Å². The van der Waals surface area contributed by atoms with Crippen LogP contribution >= 0.6 is 0 Å². The predicted molar refractivity (Wildman–Crippen MR) is 72.4 cm³/mol. The zero-order valence-corrected chi connectivity index (χ0v) is 11.0. The number of rotatable bonds is 4. The molecule has 0 atom stereocenters. The van der Waals surface area contributed by atoms with Gasteiger partial charge in [-0.15, -0.1) is 0 Å². The smallest absolute Gasteiger partial charge is 0.366 e. The highest BCUT2D eigenvalue weighted by Gasteiger charge is 2.33. The lowest BCUT2D eigenvalue weighted by atomic mass is 10.1. The number of aromatic nitrogens is 1. The Morgan fingerprint density at radius 1 is 1.05 bits per heavy atom. The molecule has 0 spiro atoms. The molecule has 20 heavy (non-hydrogen) atoms. The molecule has 2 rings (SSSR count). The van der Waals surface area contributed by atoms with Crippen LogP contribution in [-0.2, 0) is 19.1 Å². The number of benzene rings is 1. The number of pyridine rings is 1. The van der Waals surface area contributed by atoms with Crippen LogP contribution in [0.2, 0.25) is 0 Å². The first-order valence-electron chi connectivity index (χ1n) is 6.35. The number of hydrogen-bond donors (Lipinski definition) is 1. The fourth-order valence-corrected chi connectivity index (χ4v) is 1.82. The Balaban J connectivity index is 2.19. The Labute approximate surface area is 115 Å². The molecule has 0 aliphatic carbocycles. The summed E-state index contributed by atoms with van der Waals surface area (Å²) in [6, 6.07) is 12.2. The maximum Gasteiger partial charge on any atom is 0.433 e. The van der Waals surface area contributed by atoms with Gasteiger partial charge in [0.25, 0.3) is 0 Å². The number of alkyl halides is 3. The molecule has 2 aromatic rings. The van der Waals surface area contributed by atoms with Gasteiger partial charge in [-0.2, -0.15) is 13.2 Å². The summed E-state index contributed by atoms with van der Waals surface area (Å²) >= 11 is 0. The van der Waals surface area contributed by atoms with Gasteiger partial charge in [-0.25, -0.2) is 4.98 Å². The predicted octanol–water partition coefficient (Wildman–Crippen LogP) is 4.27. The van der Waals surface area contributed by atoms with E-state index in [2.05, 4.69) is 10.3 Å². The van der Waals surface area contributed by atoms with E-state index < -0.39 is 11.9 Å². The summed E-state index contributed by atoms with van der Waals surface area (Å²) in [5.74, 6) is 0.250. The number of anilines is 1. The van der Waals surface area contributed by atoms with Gasteiger partial charge in [-0.1, -0.05) is 37.3 Å². The van der Waals surface area contributed by atoms with Crippen LogP contribution < -0.4 is 5.32 Å². The molecule has 0 saturated heterocycles. The molecule has 0 amide bonds. The zero-order chi connectivity index (χ0) is 14.6. The monoisotopic (exact) mass is 280 g/mol. The first-order chi connectivity index (χ1) is 9.49. The van der Waals surface area contributed by atoms with Gasteiger partial charge in [0.2, 0.25) is 0 Å². The number of nitrogens with zero attached hydrogens (tertiary/aromatic N) is 1. The van der Waals surface area contributed by atoms with Gasteiger partial charge >= 0.3 is 6.18 Å². The lowest BCUT2D eigenvalue weighted by Gasteiger charge is -2.12. The lowest BCUT2D eigenvalue weighted by molar-refractivity contribution is -0.141. The maximum atomic E-state index is 12.8. The molecular weight excluding hydrogens is 265 g/mol. The number of hydrogen-bond acceptors (Lipinski definition) is 2. The van der Waals surface area contributed by atoms with E-state index in [1.807, 2.05) is 37.3 Å². The molecule has 0 aliphatic rings. The van der Waals surface area contributed by atoms with Gasteiger partial charge in [0.1, 0.15) is 11.5 Å². The van der Waals surface area contributed by atoms with Crippen LogP contribution in [0, 0.1) is 0 Å². The molecule has 106 valence electrons. The largest absolute Gasteiger partial charge is 0.433 e. The molecule has 0 unspecified atom stereocenters. The van der Waals surface area contributed by atoms with Crippen LogP contribution in [0.1, 0.15) is 23.7 Å². The Morgan fingerprint density at radius 2 is 1.75 bits per heavy atom. The minimum atomic E-state index is -4.42. The summed E-state index contributed by atoms with van der Waals surface area (Å²) in [6.07, 6.45) is -3.89. The minimum absolute atomic E-state index is 0.250. The van der Waals surface area contributed by atoms with Crippen molar-refractivity contribution in [3.8, 4) is 0 Å². The van der Waals surface area contributed by atoms with Crippen LogP contribution in [0.3, 0.4) is 0 Å². The highest BCUT2D eigenvalue weighted by molar-refractivity contribution is 5.41. The van der Waals surface area contributed by atoms with E-state index in [9.17, 15) is 13.2 Å². The van der Waals surface area contributed by atoms with Crippen molar-refractivity contribution in [2.75, 3.05) is 5.32 Å². The second kappa shape index (κ2) is 5.94. The molecule has 0 bridgehead atoms. The highest BCUT2D eigenvalue weighted by Crippen LogP contribution is 2.29. The summed E-state index contributed by atoms with van der Waals surface area (Å²) in [4.78, 5) is 3.63. The van der Waals surface area contributed by atoms with Crippen molar-refractivity contribution >= 4 is 5.82 Å². The first kappa shape index (κ1) is 14.4. The van der Waals surface area contributed by atoms with Gasteiger partial charge in [-0.05, 0) is 29.7 Å². The highest BCUT2D eigenvalue weighted by atomic mass is 19.4. The van der Waals surface area contributed by atoms with Gasteiger partial charge in [0.15, 0.2) is 0 Å². The Hall–Kier alpha value is -2.04. The third kappa shape index (κ3) is 3.73. The summed E-state index contributed by atoms with van der Waals surface area (Å²) in [7, 11) is 0. The molecule has 0 saturated carbocycles. The fourth-order valence-electron chi connectivity index (χ4n) is 1.82. The number of aryl methyl sites for hydroxylation is 1. The van der Waals surface area contributed by atoms with Crippen LogP contribution in [0.15, 0.2) is 42.5 Å². The number of halogens is 3. The molecule has 0 aliphatic heterocycles. The average molecular weight is 280 g/mol. The standard InChI is InChI=1S/C15H15F3N2/c1-2-11-8-13(15(16,17)18)20-14(9-11)19-10-12-6-4-3-5-7-12/h3-9H,2,10H2,1H3,(H,19,20). The van der Waals surface area contributed by atoms with Crippen molar-refractivity contribution in [3.05, 3.63) is 59.3 Å². The van der Waals surface area contributed by atoms with E-state index in [4.69, 9.17) is 0 Å². The topological polar surface area (TPSA) is 24.9 Å². The fraction of sp³-hybridized carbons (Fsp3) is 0.267. The average Bonchev–Trinajstić information content (AvgIpc) is 2.45. The van der Waals surface area contributed by atoms with E-state index in [-0.39, 0.29) is 5.82 Å². The van der Waals surface area contributed by atoms with Crippen molar-refractivity contribution < 1.29 is 13.2 Å². The molecule has 1 N–H and O–H groups in total. The first-order valence-corrected chi connectivity index (χ1v) is 6.35. The van der Waals surface area contributed by atoms with Crippen molar-refractivity contribution in [1.29, 1.82) is 0 Å². The second-order valence-electron chi connectivity index (χ2n) is 4.44. The third-order valence-electron chi connectivity index (χ3n) is 2.90. The number of nitrogens with one attached hydrogen (secondary N) is 1. The van der Waals surface area contributed by atoms with Crippen LogP contribution in [0.5, 0.6) is 0 Å². The van der Waals surface area contributed by atoms with E-state index in [1.165, 1.54) is 0 Å². The van der Waals surface area contributed by atoms with Crippen molar-refractivity contribution in [2.45, 2.75) is 26.1 Å². The van der Waals surface area contributed by atoms with Crippen molar-refractivity contribution in [3.63, 3.8) is 0 Å². The molecule has 2 nitrogen and oxygen atoms in total. The van der Waals surface area contributed by atoms with Crippen LogP contribution in [-0.4, -0.2) is 4.98 Å². The van der Waals surface area contributed by atoms with E-state index >= 15 is 0 Å². The third-order valence-corrected chi connectivity index (χ3v) is 2.90. The van der Waals surface area contributed by atoms with Gasteiger partial charge in [0, 0.05) is 6.54 Å². The molecule has 1 aromatic heterocycles. The Kier molecular flexibility index (Phi) is 4.27. The maximum absolute atomic E-state index is 12.8. The van der Waals surface area contributed by atoms with Gasteiger partial charge < -0.3 is 5.32 Å². The molecule has 1 aromatic carbocycles. The summed E-state index contributed by atoms with van der Waals surface area (Å²) in [6.45, 7) is 2.26. The molecule has 5 heteroatoms. The van der Waals surface area contributed by atoms with Crippen LogP contribution in [0.4, 0.5) is 19.0 Å². The van der Waals surface area contributed by atoms with E-state index in [0.29, 0.717) is 18.5 Å². The molecule has 0 radical (unpaired) electrons. The van der Waals surface area contributed by atoms with E-state index in [1.54, 1.807) is 6.07 Å². The molecule has 1 heterocycles. The van der Waals surface area contributed by atoms with Crippen LogP contribution in [0.25, 0.3) is 0 Å². The Bertz CT molecular complexity index is 565. The normalized spacial score (nSPS) is 11.4. The SMILES string of the molecule is CCc1cc(NCc2ccccc2)nc(C(F)(F)F)c1. The Morgan fingerprint density at radius 3 is 2.35 bits per heavy atom. The zero-order valence-electron chi connectivity index (χ0n) is 11.0. The molecule has 0 fully saturated rings.